The highest BCUT2D eigenvalue weighted by molar-refractivity contribution is 7.80. The van der Waals surface area contributed by atoms with Gasteiger partial charge in [0.25, 0.3) is 0 Å². The van der Waals surface area contributed by atoms with Crippen LogP contribution in [0.1, 0.15) is 37.7 Å². The minimum Gasteiger partial charge on any atom is -0.392 e. The van der Waals surface area contributed by atoms with Crippen LogP contribution in [0, 0.1) is 12.3 Å². The zero-order valence-electron chi connectivity index (χ0n) is 12.2. The zero-order valence-corrected chi connectivity index (χ0v) is 13.0. The molecule has 0 aromatic heterocycles. The highest BCUT2D eigenvalue weighted by atomic mass is 32.1. The number of hydrogen-bond donors (Lipinski definition) is 1. The van der Waals surface area contributed by atoms with E-state index in [9.17, 15) is 4.79 Å². The molecule has 0 unspecified atom stereocenters. The molecule has 1 aromatic carbocycles. The van der Waals surface area contributed by atoms with Crippen LogP contribution in [0.3, 0.4) is 0 Å². The van der Waals surface area contributed by atoms with Gasteiger partial charge >= 0.3 is 0 Å². The van der Waals surface area contributed by atoms with E-state index in [4.69, 9.17) is 18.0 Å². The van der Waals surface area contributed by atoms with Crippen LogP contribution < -0.4 is 10.6 Å². The Kier molecular flexibility index (Phi) is 4.43. The van der Waals surface area contributed by atoms with Gasteiger partial charge in [-0.05, 0) is 31.9 Å². The summed E-state index contributed by atoms with van der Waals surface area (Å²) < 4.78 is 0. The van der Waals surface area contributed by atoms with Crippen molar-refractivity contribution in [1.82, 2.24) is 0 Å². The van der Waals surface area contributed by atoms with Gasteiger partial charge in [0.1, 0.15) is 0 Å². The summed E-state index contributed by atoms with van der Waals surface area (Å²) in [6, 6.07) is 7.94. The highest BCUT2D eigenvalue weighted by Gasteiger charge is 2.44. The molecule has 2 rings (SSSR count). The fourth-order valence-electron chi connectivity index (χ4n) is 2.93. The Morgan fingerprint density at radius 2 is 1.75 bits per heavy atom. The molecule has 0 bridgehead atoms. The van der Waals surface area contributed by atoms with Crippen LogP contribution >= 0.6 is 12.2 Å². The van der Waals surface area contributed by atoms with Crippen LogP contribution in [0.15, 0.2) is 24.3 Å². The van der Waals surface area contributed by atoms with Crippen molar-refractivity contribution in [2.75, 3.05) is 11.9 Å². The fraction of sp³-hybridized carbons (Fsp3) is 0.500. The van der Waals surface area contributed by atoms with Gasteiger partial charge in [-0.1, -0.05) is 49.2 Å². The standard InChI is InChI=1S/C16H22N2OS/c1-12-6-8-13(9-7-12)18(2)15(19)16(14(17)20)10-4-3-5-11-16/h6-9H,3-5,10-11H2,1-2H3,(H2,17,20). The molecule has 4 heteroatoms. The molecule has 0 radical (unpaired) electrons. The van der Waals surface area contributed by atoms with Gasteiger partial charge in [-0.2, -0.15) is 0 Å². The molecule has 108 valence electrons. The molecule has 0 aliphatic heterocycles. The highest BCUT2D eigenvalue weighted by Crippen LogP contribution is 2.39. The first-order valence-corrected chi connectivity index (χ1v) is 7.53. The molecule has 1 fully saturated rings. The molecular formula is C16H22N2OS. The summed E-state index contributed by atoms with van der Waals surface area (Å²) in [5.41, 5.74) is 7.35. The summed E-state index contributed by atoms with van der Waals surface area (Å²) in [5, 5.41) is 0. The number of nitrogens with zero attached hydrogens (tertiary/aromatic N) is 1. The summed E-state index contributed by atoms with van der Waals surface area (Å²) in [7, 11) is 1.81. The lowest BCUT2D eigenvalue weighted by Gasteiger charge is -2.37. The van der Waals surface area contributed by atoms with Crippen molar-refractivity contribution in [1.29, 1.82) is 0 Å². The zero-order chi connectivity index (χ0) is 14.8. The Bertz CT molecular complexity index is 504. The molecule has 0 saturated heterocycles. The van der Waals surface area contributed by atoms with Gasteiger partial charge in [0.2, 0.25) is 5.91 Å². The fourth-order valence-corrected chi connectivity index (χ4v) is 3.22. The van der Waals surface area contributed by atoms with Crippen molar-refractivity contribution in [2.24, 2.45) is 11.1 Å². The first kappa shape index (κ1) is 15.0. The number of thiocarbonyl (C=S) groups is 1. The molecule has 0 atom stereocenters. The molecule has 1 aliphatic carbocycles. The van der Waals surface area contributed by atoms with Crippen molar-refractivity contribution in [2.45, 2.75) is 39.0 Å². The van der Waals surface area contributed by atoms with E-state index < -0.39 is 5.41 Å². The lowest BCUT2D eigenvalue weighted by atomic mass is 9.73. The van der Waals surface area contributed by atoms with E-state index in [2.05, 4.69) is 0 Å². The maximum Gasteiger partial charge on any atom is 0.239 e. The molecule has 2 N–H and O–H groups in total. The minimum atomic E-state index is -0.646. The lowest BCUT2D eigenvalue weighted by Crippen LogP contribution is -2.50. The Hall–Kier alpha value is -1.42. The molecule has 1 aliphatic rings. The first-order chi connectivity index (χ1) is 9.47. The van der Waals surface area contributed by atoms with Crippen LogP contribution in [0.2, 0.25) is 0 Å². The van der Waals surface area contributed by atoms with E-state index in [1.807, 2.05) is 38.2 Å². The number of rotatable bonds is 3. The molecule has 1 saturated carbocycles. The van der Waals surface area contributed by atoms with Crippen molar-refractivity contribution in [3.8, 4) is 0 Å². The Morgan fingerprint density at radius 3 is 2.25 bits per heavy atom. The van der Waals surface area contributed by atoms with Crippen LogP contribution in [-0.2, 0) is 4.79 Å². The largest absolute Gasteiger partial charge is 0.392 e. The Labute approximate surface area is 126 Å². The summed E-state index contributed by atoms with van der Waals surface area (Å²) in [5.74, 6) is 0.0357. The van der Waals surface area contributed by atoms with Crippen LogP contribution in [-0.4, -0.2) is 17.9 Å². The maximum absolute atomic E-state index is 12.9. The first-order valence-electron chi connectivity index (χ1n) is 7.12. The molecule has 1 aromatic rings. The number of carbonyl (C=O) groups excluding carboxylic acids is 1. The monoisotopic (exact) mass is 290 g/mol. The summed E-state index contributed by atoms with van der Waals surface area (Å²) in [6.45, 7) is 2.03. The number of aryl methyl sites for hydroxylation is 1. The van der Waals surface area contributed by atoms with Gasteiger partial charge in [0, 0.05) is 12.7 Å². The van der Waals surface area contributed by atoms with E-state index in [-0.39, 0.29) is 5.91 Å². The number of hydrogen-bond acceptors (Lipinski definition) is 2. The third kappa shape index (κ3) is 2.70. The van der Waals surface area contributed by atoms with Gasteiger partial charge in [-0.25, -0.2) is 0 Å². The topological polar surface area (TPSA) is 46.3 Å². The van der Waals surface area contributed by atoms with Crippen LogP contribution in [0.4, 0.5) is 5.69 Å². The van der Waals surface area contributed by atoms with E-state index in [0.29, 0.717) is 4.99 Å². The van der Waals surface area contributed by atoms with Gasteiger partial charge in [0.05, 0.1) is 10.4 Å². The third-order valence-corrected chi connectivity index (χ3v) is 4.70. The average molecular weight is 290 g/mol. The minimum absolute atomic E-state index is 0.0357. The Balaban J connectivity index is 2.27. The van der Waals surface area contributed by atoms with E-state index >= 15 is 0 Å². The number of nitrogens with two attached hydrogens (primary N) is 1. The molecular weight excluding hydrogens is 268 g/mol. The van der Waals surface area contributed by atoms with E-state index in [1.54, 1.807) is 4.90 Å². The quantitative estimate of drug-likeness (QED) is 0.870. The summed E-state index contributed by atoms with van der Waals surface area (Å²) >= 11 is 5.22. The summed E-state index contributed by atoms with van der Waals surface area (Å²) in [6.07, 6.45) is 4.75. The van der Waals surface area contributed by atoms with Crippen molar-refractivity contribution in [3.63, 3.8) is 0 Å². The van der Waals surface area contributed by atoms with Gasteiger partial charge in [-0.15, -0.1) is 0 Å². The predicted molar refractivity (Wildman–Crippen MR) is 86.9 cm³/mol. The molecule has 3 nitrogen and oxygen atoms in total. The number of benzene rings is 1. The Morgan fingerprint density at radius 1 is 1.20 bits per heavy atom. The van der Waals surface area contributed by atoms with Gasteiger partial charge in [-0.3, -0.25) is 4.79 Å². The number of amides is 1. The second-order valence-electron chi connectivity index (χ2n) is 5.71. The van der Waals surface area contributed by atoms with E-state index in [1.165, 1.54) is 5.56 Å². The third-order valence-electron chi connectivity index (χ3n) is 4.31. The second-order valence-corrected chi connectivity index (χ2v) is 6.15. The SMILES string of the molecule is Cc1ccc(N(C)C(=O)C2(C(N)=S)CCCCC2)cc1. The van der Waals surface area contributed by atoms with Crippen molar-refractivity contribution >= 4 is 28.8 Å². The average Bonchev–Trinajstić information content (AvgIpc) is 2.47. The van der Waals surface area contributed by atoms with Gasteiger partial charge in [0.15, 0.2) is 0 Å². The van der Waals surface area contributed by atoms with E-state index in [0.717, 1.165) is 37.8 Å². The normalized spacial score (nSPS) is 17.5. The van der Waals surface area contributed by atoms with Crippen LogP contribution in [0.5, 0.6) is 0 Å². The number of carbonyl (C=O) groups is 1. The maximum atomic E-state index is 12.9. The van der Waals surface area contributed by atoms with Crippen LogP contribution in [0.25, 0.3) is 0 Å². The molecule has 1 amide bonds. The van der Waals surface area contributed by atoms with Crippen molar-refractivity contribution in [3.05, 3.63) is 29.8 Å². The smallest absolute Gasteiger partial charge is 0.239 e. The molecule has 0 heterocycles. The summed E-state index contributed by atoms with van der Waals surface area (Å²) in [4.78, 5) is 15.0. The second kappa shape index (κ2) is 5.92. The lowest BCUT2D eigenvalue weighted by molar-refractivity contribution is -0.125. The predicted octanol–water partition coefficient (Wildman–Crippen LogP) is 3.19. The molecule has 0 spiro atoms. The van der Waals surface area contributed by atoms with Crippen molar-refractivity contribution < 1.29 is 4.79 Å². The van der Waals surface area contributed by atoms with Gasteiger partial charge < -0.3 is 10.6 Å². The molecule has 20 heavy (non-hydrogen) atoms. The number of anilines is 1.